The molecule has 0 aliphatic carbocycles. The maximum absolute atomic E-state index is 10.8. The number of allylic oxidation sites excluding steroid dienone is 1. The number of nitro benzene ring substituents is 1. The molecule has 2 aromatic carbocycles. The summed E-state index contributed by atoms with van der Waals surface area (Å²) in [6.45, 7) is 0. The third-order valence-corrected chi connectivity index (χ3v) is 7.07. The van der Waals surface area contributed by atoms with Crippen molar-refractivity contribution < 1.29 is 4.92 Å². The van der Waals surface area contributed by atoms with Crippen LogP contribution in [0.3, 0.4) is 0 Å². The highest BCUT2D eigenvalue weighted by Gasteiger charge is 2.10. The molecule has 0 amide bonds. The molecular formula is C20H12N4O2S3. The van der Waals surface area contributed by atoms with Crippen LogP contribution in [-0.2, 0) is 5.75 Å². The fourth-order valence-electron chi connectivity index (χ4n) is 2.55. The predicted molar refractivity (Wildman–Crippen MR) is 118 cm³/mol. The van der Waals surface area contributed by atoms with Crippen molar-refractivity contribution in [2.75, 3.05) is 0 Å². The minimum atomic E-state index is -0.449. The quantitative estimate of drug-likeness (QED) is 0.159. The van der Waals surface area contributed by atoms with Crippen molar-refractivity contribution in [1.29, 1.82) is 5.26 Å². The minimum Gasteiger partial charge on any atom is -0.258 e. The zero-order chi connectivity index (χ0) is 20.2. The van der Waals surface area contributed by atoms with Gasteiger partial charge in [0.05, 0.1) is 26.4 Å². The molecule has 6 nitrogen and oxygen atoms in total. The Morgan fingerprint density at radius 3 is 2.72 bits per heavy atom. The van der Waals surface area contributed by atoms with Crippen molar-refractivity contribution in [3.63, 3.8) is 0 Å². The smallest absolute Gasteiger partial charge is 0.258 e. The van der Waals surface area contributed by atoms with Gasteiger partial charge < -0.3 is 0 Å². The number of nitro groups is 1. The Labute approximate surface area is 178 Å². The second kappa shape index (κ2) is 8.53. The average molecular weight is 437 g/mol. The van der Waals surface area contributed by atoms with Gasteiger partial charge in [0, 0.05) is 23.3 Å². The molecule has 0 saturated heterocycles. The largest absolute Gasteiger partial charge is 0.269 e. The molecule has 142 valence electrons. The summed E-state index contributed by atoms with van der Waals surface area (Å²) in [7, 11) is 0. The Hall–Kier alpha value is -3.06. The standard InChI is InChI=1S/C20H12N4O2S3/c21-10-14(9-13-5-7-16(8-6-13)24(25)26)19-22-15(11-27-19)12-28-20-23-17-3-1-2-4-18(17)29-20/h1-9,11H,12H2. The molecule has 0 unspecified atom stereocenters. The van der Waals surface area contributed by atoms with Crippen LogP contribution in [0.1, 0.15) is 16.3 Å². The number of fused-ring (bicyclic) bond motifs is 1. The Morgan fingerprint density at radius 2 is 2.00 bits per heavy atom. The average Bonchev–Trinajstić information content (AvgIpc) is 3.37. The van der Waals surface area contributed by atoms with E-state index in [0.717, 1.165) is 20.3 Å². The van der Waals surface area contributed by atoms with E-state index in [1.165, 1.54) is 23.5 Å². The summed E-state index contributed by atoms with van der Waals surface area (Å²) in [5.41, 5.74) is 3.05. The molecule has 0 radical (unpaired) electrons. The van der Waals surface area contributed by atoms with Crippen molar-refractivity contribution >= 4 is 62.0 Å². The molecular weight excluding hydrogens is 424 g/mol. The molecule has 0 N–H and O–H groups in total. The number of non-ortho nitro benzene ring substituents is 1. The van der Waals surface area contributed by atoms with Gasteiger partial charge in [-0.1, -0.05) is 23.9 Å². The number of thiazole rings is 2. The molecule has 9 heteroatoms. The summed E-state index contributed by atoms with van der Waals surface area (Å²) in [4.78, 5) is 19.5. The van der Waals surface area contributed by atoms with Crippen molar-refractivity contribution in [2.45, 2.75) is 10.1 Å². The Balaban J connectivity index is 1.47. The summed E-state index contributed by atoms with van der Waals surface area (Å²) < 4.78 is 2.15. The molecule has 0 bridgehead atoms. The molecule has 0 aliphatic rings. The van der Waals surface area contributed by atoms with Crippen LogP contribution < -0.4 is 0 Å². The highest BCUT2D eigenvalue weighted by Crippen LogP contribution is 2.32. The SMILES string of the molecule is N#CC(=Cc1ccc([N+](=O)[O-])cc1)c1nc(CSc2nc3ccccc3s2)cs1. The van der Waals surface area contributed by atoms with Gasteiger partial charge in [-0.05, 0) is 35.9 Å². The van der Waals surface area contributed by atoms with Crippen LogP contribution in [0.2, 0.25) is 0 Å². The highest BCUT2D eigenvalue weighted by atomic mass is 32.2. The third-order valence-electron chi connectivity index (χ3n) is 3.94. The van der Waals surface area contributed by atoms with E-state index in [1.54, 1.807) is 41.3 Å². The summed E-state index contributed by atoms with van der Waals surface area (Å²) >= 11 is 4.69. The van der Waals surface area contributed by atoms with Gasteiger partial charge in [-0.2, -0.15) is 5.26 Å². The van der Waals surface area contributed by atoms with Gasteiger partial charge in [-0.3, -0.25) is 10.1 Å². The van der Waals surface area contributed by atoms with E-state index < -0.39 is 4.92 Å². The molecule has 0 saturated carbocycles. The maximum Gasteiger partial charge on any atom is 0.269 e. The number of benzene rings is 2. The number of rotatable bonds is 6. The van der Waals surface area contributed by atoms with Gasteiger partial charge in [-0.25, -0.2) is 9.97 Å². The van der Waals surface area contributed by atoms with Gasteiger partial charge in [0.1, 0.15) is 11.1 Å². The first-order valence-electron chi connectivity index (χ1n) is 8.42. The maximum atomic E-state index is 10.8. The lowest BCUT2D eigenvalue weighted by atomic mass is 10.1. The van der Waals surface area contributed by atoms with Crippen molar-refractivity contribution in [3.05, 3.63) is 80.3 Å². The second-order valence-electron chi connectivity index (χ2n) is 5.90. The van der Waals surface area contributed by atoms with Crippen LogP contribution >= 0.6 is 34.4 Å². The van der Waals surface area contributed by atoms with Gasteiger partial charge in [0.25, 0.3) is 5.69 Å². The van der Waals surface area contributed by atoms with E-state index in [-0.39, 0.29) is 5.69 Å². The van der Waals surface area contributed by atoms with Crippen LogP contribution in [0.4, 0.5) is 5.69 Å². The molecule has 0 atom stereocenters. The monoisotopic (exact) mass is 436 g/mol. The number of hydrogen-bond acceptors (Lipinski definition) is 8. The lowest BCUT2D eigenvalue weighted by Crippen LogP contribution is -1.87. The van der Waals surface area contributed by atoms with Crippen LogP contribution in [-0.4, -0.2) is 14.9 Å². The van der Waals surface area contributed by atoms with Gasteiger partial charge in [-0.15, -0.1) is 22.7 Å². The summed E-state index contributed by atoms with van der Waals surface area (Å²) in [6, 6.07) is 16.3. The first-order valence-corrected chi connectivity index (χ1v) is 11.1. The van der Waals surface area contributed by atoms with Crippen molar-refractivity contribution in [3.8, 4) is 6.07 Å². The van der Waals surface area contributed by atoms with E-state index in [9.17, 15) is 15.4 Å². The molecule has 0 aliphatic heterocycles. The van der Waals surface area contributed by atoms with Crippen LogP contribution in [0.5, 0.6) is 0 Å². The van der Waals surface area contributed by atoms with Crippen molar-refractivity contribution in [1.82, 2.24) is 9.97 Å². The van der Waals surface area contributed by atoms with Crippen LogP contribution in [0, 0.1) is 21.4 Å². The number of aromatic nitrogens is 2. The summed E-state index contributed by atoms with van der Waals surface area (Å²) in [5.74, 6) is 0.673. The van der Waals surface area contributed by atoms with Gasteiger partial charge in [0.15, 0.2) is 4.34 Å². The highest BCUT2D eigenvalue weighted by molar-refractivity contribution is 8.00. The zero-order valence-corrected chi connectivity index (χ0v) is 17.3. The van der Waals surface area contributed by atoms with E-state index in [4.69, 9.17) is 0 Å². The molecule has 29 heavy (non-hydrogen) atoms. The molecule has 4 aromatic rings. The molecule has 0 fully saturated rings. The third kappa shape index (κ3) is 4.51. The molecule has 0 spiro atoms. The van der Waals surface area contributed by atoms with Gasteiger partial charge >= 0.3 is 0 Å². The first kappa shape index (κ1) is 19.3. The zero-order valence-electron chi connectivity index (χ0n) is 14.8. The lowest BCUT2D eigenvalue weighted by Gasteiger charge is -1.96. The van der Waals surface area contributed by atoms with Crippen molar-refractivity contribution in [2.24, 2.45) is 0 Å². The fraction of sp³-hybridized carbons (Fsp3) is 0.0500. The van der Waals surface area contributed by atoms with Crippen LogP contribution in [0.25, 0.3) is 21.9 Å². The normalized spacial score (nSPS) is 11.5. The summed E-state index contributed by atoms with van der Waals surface area (Å²) in [5, 5.41) is 22.8. The number of nitriles is 1. The van der Waals surface area contributed by atoms with E-state index in [2.05, 4.69) is 22.1 Å². The predicted octanol–water partition coefficient (Wildman–Crippen LogP) is 6.02. The lowest BCUT2D eigenvalue weighted by molar-refractivity contribution is -0.384. The number of nitrogens with zero attached hydrogens (tertiary/aromatic N) is 4. The molecule has 2 heterocycles. The van der Waals surface area contributed by atoms with Gasteiger partial charge in [0.2, 0.25) is 0 Å². The first-order chi connectivity index (χ1) is 14.1. The molecule has 4 rings (SSSR count). The summed E-state index contributed by atoms with van der Waals surface area (Å²) in [6.07, 6.45) is 1.69. The van der Waals surface area contributed by atoms with E-state index in [0.29, 0.717) is 21.9 Å². The topological polar surface area (TPSA) is 92.7 Å². The fourth-order valence-corrected chi connectivity index (χ4v) is 5.40. The minimum absolute atomic E-state index is 0.0177. The molecule has 2 aromatic heterocycles. The number of hydrogen-bond donors (Lipinski definition) is 0. The van der Waals surface area contributed by atoms with Crippen LogP contribution in [0.15, 0.2) is 58.3 Å². The second-order valence-corrected chi connectivity index (χ2v) is 9.01. The van der Waals surface area contributed by atoms with E-state index >= 15 is 0 Å². The Kier molecular flexibility index (Phi) is 5.67. The Bertz CT molecular complexity index is 1220. The van der Waals surface area contributed by atoms with E-state index in [1.807, 2.05) is 23.6 Å². The Morgan fingerprint density at radius 1 is 1.21 bits per heavy atom. The number of thioether (sulfide) groups is 1. The number of para-hydroxylation sites is 1.